The van der Waals surface area contributed by atoms with E-state index in [1.165, 1.54) is 13.2 Å². The van der Waals surface area contributed by atoms with Gasteiger partial charge in [-0.15, -0.1) is 0 Å². The number of halogens is 1. The Morgan fingerprint density at radius 3 is 2.48 bits per heavy atom. The lowest BCUT2D eigenvalue weighted by Crippen LogP contribution is -2.16. The van der Waals surface area contributed by atoms with Crippen LogP contribution in [0.25, 0.3) is 6.08 Å². The summed E-state index contributed by atoms with van der Waals surface area (Å²) in [6.07, 6.45) is 2.83. The number of hydrogen-bond donors (Lipinski definition) is 1. The van der Waals surface area contributed by atoms with Gasteiger partial charge >= 0.3 is 5.97 Å². The fourth-order valence-corrected chi connectivity index (χ4v) is 2.11. The van der Waals surface area contributed by atoms with Crippen molar-refractivity contribution in [2.24, 2.45) is 10.9 Å². The van der Waals surface area contributed by atoms with Gasteiger partial charge < -0.3 is 20.0 Å². The van der Waals surface area contributed by atoms with E-state index in [0.29, 0.717) is 16.3 Å². The van der Waals surface area contributed by atoms with Crippen LogP contribution in [0.5, 0.6) is 11.5 Å². The Morgan fingerprint density at radius 2 is 1.84 bits per heavy atom. The number of nitrogens with two attached hydrogens (primary N) is 1. The summed E-state index contributed by atoms with van der Waals surface area (Å²) in [4.78, 5) is 16.5. The quantitative estimate of drug-likeness (QED) is 0.281. The van der Waals surface area contributed by atoms with E-state index in [1.54, 1.807) is 55.7 Å². The summed E-state index contributed by atoms with van der Waals surface area (Å²) in [5.74, 6) is 0.508. The van der Waals surface area contributed by atoms with Gasteiger partial charge in [0.2, 0.25) is 0 Å². The number of carbonyl (C=O) groups excluding carboxylic acids is 1. The zero-order valence-corrected chi connectivity index (χ0v) is 14.5. The zero-order valence-electron chi connectivity index (χ0n) is 13.7. The van der Waals surface area contributed by atoms with Crippen molar-refractivity contribution in [3.05, 3.63) is 64.7 Å². The molecule has 0 aromatic heterocycles. The number of oxime groups is 1. The molecule has 0 aliphatic carbocycles. The molecule has 0 aliphatic heterocycles. The minimum atomic E-state index is -0.667. The second-order valence-corrected chi connectivity index (χ2v) is 5.27. The van der Waals surface area contributed by atoms with E-state index in [1.807, 2.05) is 0 Å². The van der Waals surface area contributed by atoms with Gasteiger partial charge in [-0.2, -0.15) is 0 Å². The molecule has 2 rings (SSSR count). The minimum Gasteiger partial charge on any atom is -0.497 e. The highest BCUT2D eigenvalue weighted by molar-refractivity contribution is 6.31. The van der Waals surface area contributed by atoms with Crippen LogP contribution < -0.4 is 15.2 Å². The van der Waals surface area contributed by atoms with Crippen molar-refractivity contribution < 1.29 is 19.1 Å². The lowest BCUT2D eigenvalue weighted by atomic mass is 10.2. The number of hydrogen-bond acceptors (Lipinski definition) is 5. The summed E-state index contributed by atoms with van der Waals surface area (Å²) in [6.45, 7) is 0. The summed E-state index contributed by atoms with van der Waals surface area (Å²) in [5, 5.41) is 4.08. The van der Waals surface area contributed by atoms with Crippen LogP contribution in [-0.4, -0.2) is 26.0 Å². The molecule has 0 saturated carbocycles. The van der Waals surface area contributed by atoms with Gasteiger partial charge in [-0.1, -0.05) is 28.9 Å². The summed E-state index contributed by atoms with van der Waals surface area (Å²) in [7, 11) is 3.07. The number of nitrogens with zero attached hydrogens (tertiary/aromatic N) is 1. The van der Waals surface area contributed by atoms with Crippen LogP contribution in [-0.2, 0) is 9.63 Å². The van der Waals surface area contributed by atoms with E-state index in [4.69, 9.17) is 31.6 Å². The first kappa shape index (κ1) is 18.4. The average Bonchev–Trinajstić information content (AvgIpc) is 2.64. The van der Waals surface area contributed by atoms with E-state index in [0.717, 1.165) is 11.3 Å². The zero-order chi connectivity index (χ0) is 18.2. The standard InChI is InChI=1S/C18H17ClN2O4/c1-23-14-7-3-12(4-8-14)5-10-17(22)25-21-18(20)15-11-13(19)6-9-16(15)24-2/h3-11H,1-2H3,(H2,20,21)/b10-5+. The van der Waals surface area contributed by atoms with Crippen LogP contribution in [0.4, 0.5) is 0 Å². The fraction of sp³-hybridized carbons (Fsp3) is 0.111. The molecule has 130 valence electrons. The SMILES string of the molecule is COc1ccc(/C=C/C(=O)O/N=C(\N)c2cc(Cl)ccc2OC)cc1. The molecule has 0 atom stereocenters. The second kappa shape index (κ2) is 8.75. The van der Waals surface area contributed by atoms with Crippen molar-refractivity contribution in [1.82, 2.24) is 0 Å². The van der Waals surface area contributed by atoms with Crippen LogP contribution in [0.2, 0.25) is 5.02 Å². The molecule has 0 unspecified atom stereocenters. The van der Waals surface area contributed by atoms with Gasteiger partial charge in [0.25, 0.3) is 0 Å². The van der Waals surface area contributed by atoms with Crippen LogP contribution in [0, 0.1) is 0 Å². The monoisotopic (exact) mass is 360 g/mol. The van der Waals surface area contributed by atoms with E-state index < -0.39 is 5.97 Å². The van der Waals surface area contributed by atoms with Gasteiger partial charge in [-0.3, -0.25) is 0 Å². The molecule has 0 fully saturated rings. The van der Waals surface area contributed by atoms with E-state index in [2.05, 4.69) is 5.16 Å². The number of rotatable bonds is 6. The van der Waals surface area contributed by atoms with Crippen molar-refractivity contribution in [3.8, 4) is 11.5 Å². The summed E-state index contributed by atoms with van der Waals surface area (Å²) in [6, 6.07) is 12.0. The number of amidine groups is 1. The molecule has 25 heavy (non-hydrogen) atoms. The molecule has 6 nitrogen and oxygen atoms in total. The second-order valence-electron chi connectivity index (χ2n) is 4.84. The van der Waals surface area contributed by atoms with E-state index in [9.17, 15) is 4.79 Å². The van der Waals surface area contributed by atoms with Crippen molar-refractivity contribution in [2.45, 2.75) is 0 Å². The Kier molecular flexibility index (Phi) is 6.42. The van der Waals surface area contributed by atoms with E-state index in [-0.39, 0.29) is 5.84 Å². The third kappa shape index (κ3) is 5.26. The molecular weight excluding hydrogens is 344 g/mol. The first-order valence-electron chi connectivity index (χ1n) is 7.24. The maximum Gasteiger partial charge on any atom is 0.358 e. The van der Waals surface area contributed by atoms with Crippen molar-refractivity contribution in [3.63, 3.8) is 0 Å². The Morgan fingerprint density at radius 1 is 1.12 bits per heavy atom. The Bertz CT molecular complexity index is 801. The molecule has 0 bridgehead atoms. The first-order chi connectivity index (χ1) is 12.0. The number of methoxy groups -OCH3 is 2. The third-order valence-corrected chi connectivity index (χ3v) is 3.43. The first-order valence-corrected chi connectivity index (χ1v) is 7.61. The van der Waals surface area contributed by atoms with Crippen LogP contribution in [0.15, 0.2) is 53.7 Å². The Balaban J connectivity index is 2.03. The van der Waals surface area contributed by atoms with Gasteiger partial charge in [0.15, 0.2) is 5.84 Å². The molecule has 2 aromatic carbocycles. The highest BCUT2D eigenvalue weighted by Gasteiger charge is 2.09. The molecule has 0 radical (unpaired) electrons. The molecular formula is C18H17ClN2O4. The number of benzene rings is 2. The Hall–Kier alpha value is -2.99. The van der Waals surface area contributed by atoms with Crippen molar-refractivity contribution in [2.75, 3.05) is 14.2 Å². The largest absolute Gasteiger partial charge is 0.497 e. The highest BCUT2D eigenvalue weighted by atomic mass is 35.5. The summed E-state index contributed by atoms with van der Waals surface area (Å²) in [5.41, 5.74) is 7.07. The molecule has 2 aromatic rings. The molecule has 2 N–H and O–H groups in total. The minimum absolute atomic E-state index is 0.0226. The van der Waals surface area contributed by atoms with Gasteiger partial charge in [0.05, 0.1) is 19.8 Å². The molecule has 7 heteroatoms. The average molecular weight is 361 g/mol. The van der Waals surface area contributed by atoms with Gasteiger partial charge in [0.1, 0.15) is 11.5 Å². The highest BCUT2D eigenvalue weighted by Crippen LogP contribution is 2.22. The van der Waals surface area contributed by atoms with Crippen LogP contribution in [0.3, 0.4) is 0 Å². The lowest BCUT2D eigenvalue weighted by molar-refractivity contribution is -0.137. The smallest absolute Gasteiger partial charge is 0.358 e. The van der Waals surface area contributed by atoms with Crippen LogP contribution >= 0.6 is 11.6 Å². The van der Waals surface area contributed by atoms with Gasteiger partial charge in [-0.05, 0) is 42.0 Å². The van der Waals surface area contributed by atoms with Gasteiger partial charge in [0, 0.05) is 11.1 Å². The molecule has 0 aliphatic rings. The van der Waals surface area contributed by atoms with E-state index >= 15 is 0 Å². The summed E-state index contributed by atoms with van der Waals surface area (Å²) < 4.78 is 10.2. The normalized spacial score (nSPS) is 11.4. The number of carbonyl (C=O) groups is 1. The summed E-state index contributed by atoms with van der Waals surface area (Å²) >= 11 is 5.93. The molecule has 0 heterocycles. The molecule has 0 spiro atoms. The van der Waals surface area contributed by atoms with Gasteiger partial charge in [-0.25, -0.2) is 4.79 Å². The molecule has 0 amide bonds. The predicted octanol–water partition coefficient (Wildman–Crippen LogP) is 3.23. The molecule has 0 saturated heterocycles. The maximum absolute atomic E-state index is 11.7. The lowest BCUT2D eigenvalue weighted by Gasteiger charge is -2.07. The topological polar surface area (TPSA) is 83.1 Å². The van der Waals surface area contributed by atoms with Crippen molar-refractivity contribution in [1.29, 1.82) is 0 Å². The maximum atomic E-state index is 11.7. The van der Waals surface area contributed by atoms with Crippen molar-refractivity contribution >= 4 is 29.5 Å². The number of ether oxygens (including phenoxy) is 2. The van der Waals surface area contributed by atoms with Crippen LogP contribution in [0.1, 0.15) is 11.1 Å². The third-order valence-electron chi connectivity index (χ3n) is 3.20. The fourth-order valence-electron chi connectivity index (χ4n) is 1.93. The predicted molar refractivity (Wildman–Crippen MR) is 96.8 cm³/mol. The Labute approximate surface area is 150 Å².